The Bertz CT molecular complexity index is 532. The molecule has 0 radical (unpaired) electrons. The van der Waals surface area contributed by atoms with Crippen LogP contribution in [0.3, 0.4) is 0 Å². The van der Waals surface area contributed by atoms with E-state index >= 15 is 0 Å². The highest BCUT2D eigenvalue weighted by Crippen LogP contribution is 2.12. The van der Waals surface area contributed by atoms with Gasteiger partial charge in [0.25, 0.3) is 0 Å². The lowest BCUT2D eigenvalue weighted by molar-refractivity contribution is -0.119. The van der Waals surface area contributed by atoms with Crippen LogP contribution in [0.4, 0.5) is 0 Å². The first-order valence-electron chi connectivity index (χ1n) is 5.68. The molecule has 20 heavy (non-hydrogen) atoms. The van der Waals surface area contributed by atoms with Gasteiger partial charge in [-0.05, 0) is 17.7 Å². The van der Waals surface area contributed by atoms with Gasteiger partial charge in [0.15, 0.2) is 5.78 Å². The van der Waals surface area contributed by atoms with Crippen molar-refractivity contribution in [2.75, 3.05) is 0 Å². The maximum Gasteiger partial charge on any atom is 0.154 e. The van der Waals surface area contributed by atoms with E-state index in [1.165, 1.54) is 0 Å². The predicted octanol–water partition coefficient (Wildman–Crippen LogP) is 1.64. The van der Waals surface area contributed by atoms with Crippen LogP contribution in [-0.4, -0.2) is 26.9 Å². The minimum absolute atomic E-state index is 0. The van der Waals surface area contributed by atoms with Gasteiger partial charge in [0, 0.05) is 24.7 Å². The topological polar surface area (TPSA) is 92.0 Å². The van der Waals surface area contributed by atoms with Crippen molar-refractivity contribution in [1.82, 2.24) is 9.97 Å². The number of aromatic nitrogens is 2. The Morgan fingerprint density at radius 1 is 1.40 bits per heavy atom. The fourth-order valence-corrected chi connectivity index (χ4v) is 1.75. The van der Waals surface area contributed by atoms with Gasteiger partial charge in [0.2, 0.25) is 0 Å². The molecule has 0 aliphatic heterocycles. The van der Waals surface area contributed by atoms with E-state index in [1.54, 1.807) is 36.8 Å². The number of carbonyl (C=O) groups is 1. The maximum atomic E-state index is 11.9. The van der Waals surface area contributed by atoms with E-state index < -0.39 is 6.04 Å². The Morgan fingerprint density at radius 2 is 2.15 bits per heavy atom. The van der Waals surface area contributed by atoms with Crippen molar-refractivity contribution >= 4 is 30.6 Å². The van der Waals surface area contributed by atoms with Crippen molar-refractivity contribution in [2.24, 2.45) is 5.73 Å². The van der Waals surface area contributed by atoms with E-state index in [-0.39, 0.29) is 42.8 Å². The zero-order valence-corrected chi connectivity index (χ0v) is 12.3. The Labute approximate surface area is 129 Å². The van der Waals surface area contributed by atoms with E-state index in [1.807, 2.05) is 0 Å². The minimum atomic E-state index is -0.562. The van der Waals surface area contributed by atoms with Gasteiger partial charge in [-0.25, -0.2) is 4.98 Å². The molecule has 0 saturated carbocycles. The minimum Gasteiger partial charge on any atom is -0.508 e. The van der Waals surface area contributed by atoms with E-state index in [0.29, 0.717) is 6.42 Å². The van der Waals surface area contributed by atoms with E-state index in [9.17, 15) is 9.90 Å². The number of nitrogens with one attached hydrogen (secondary N) is 1. The number of phenolic OH excluding ortho intramolecular Hbond substituents is 1. The molecule has 4 N–H and O–H groups in total. The summed E-state index contributed by atoms with van der Waals surface area (Å²) >= 11 is 0. The number of hydrogen-bond donors (Lipinski definition) is 3. The zero-order valence-electron chi connectivity index (χ0n) is 10.7. The maximum absolute atomic E-state index is 11.9. The van der Waals surface area contributed by atoms with Crippen molar-refractivity contribution in [1.29, 1.82) is 0 Å². The van der Waals surface area contributed by atoms with Crippen LogP contribution in [0.1, 0.15) is 11.3 Å². The van der Waals surface area contributed by atoms with Gasteiger partial charge < -0.3 is 15.8 Å². The van der Waals surface area contributed by atoms with Crippen molar-refractivity contribution in [3.8, 4) is 5.75 Å². The summed E-state index contributed by atoms with van der Waals surface area (Å²) in [6.07, 6.45) is 3.88. The second kappa shape index (κ2) is 8.58. The number of halogens is 2. The predicted molar refractivity (Wildman–Crippen MR) is 81.6 cm³/mol. The van der Waals surface area contributed by atoms with Gasteiger partial charge in [-0.1, -0.05) is 12.1 Å². The number of carbonyl (C=O) groups excluding carboxylic acids is 1. The lowest BCUT2D eigenvalue weighted by atomic mass is 10.0. The van der Waals surface area contributed by atoms with Gasteiger partial charge in [0.05, 0.1) is 12.4 Å². The molecular weight excluding hydrogens is 301 g/mol. The zero-order chi connectivity index (χ0) is 13.0. The highest BCUT2D eigenvalue weighted by molar-refractivity contribution is 5.86. The third-order valence-corrected chi connectivity index (χ3v) is 2.70. The molecule has 0 bridgehead atoms. The first-order valence-corrected chi connectivity index (χ1v) is 5.68. The average Bonchev–Trinajstić information content (AvgIpc) is 2.81. The fraction of sp³-hybridized carbons (Fsp3) is 0.231. The van der Waals surface area contributed by atoms with Gasteiger partial charge in [-0.3, -0.25) is 4.79 Å². The number of phenols is 1. The summed E-state index contributed by atoms with van der Waals surface area (Å²) in [5.41, 5.74) is 7.44. The van der Waals surface area contributed by atoms with Gasteiger partial charge in [-0.15, -0.1) is 24.8 Å². The van der Waals surface area contributed by atoms with E-state index in [0.717, 1.165) is 11.3 Å². The number of Topliss-reactive ketones (excluding diaryl/α,β-unsaturated/α-hetero) is 1. The molecule has 0 amide bonds. The molecule has 0 aliphatic rings. The lowest BCUT2D eigenvalue weighted by Gasteiger charge is -2.09. The van der Waals surface area contributed by atoms with Crippen LogP contribution in [0, 0.1) is 0 Å². The summed E-state index contributed by atoms with van der Waals surface area (Å²) in [6, 6.07) is 6.07. The molecule has 0 aliphatic carbocycles. The number of benzene rings is 1. The molecular formula is C13H17Cl2N3O2. The monoisotopic (exact) mass is 317 g/mol. The molecule has 5 nitrogen and oxygen atoms in total. The van der Waals surface area contributed by atoms with Gasteiger partial charge >= 0.3 is 0 Å². The van der Waals surface area contributed by atoms with E-state index in [4.69, 9.17) is 5.73 Å². The highest BCUT2D eigenvalue weighted by atomic mass is 35.5. The molecule has 0 fully saturated rings. The van der Waals surface area contributed by atoms with Crippen LogP contribution in [0.5, 0.6) is 5.75 Å². The Balaban J connectivity index is 0.00000180. The van der Waals surface area contributed by atoms with Crippen LogP contribution < -0.4 is 5.73 Å². The average molecular weight is 318 g/mol. The first-order chi connectivity index (χ1) is 8.65. The first kappa shape index (κ1) is 18.4. The second-order valence-electron chi connectivity index (χ2n) is 4.20. The smallest absolute Gasteiger partial charge is 0.154 e. The number of aromatic hydroxyl groups is 1. The summed E-state index contributed by atoms with van der Waals surface area (Å²) < 4.78 is 0. The van der Waals surface area contributed by atoms with Crippen molar-refractivity contribution in [3.63, 3.8) is 0 Å². The van der Waals surface area contributed by atoms with Crippen molar-refractivity contribution in [3.05, 3.63) is 48.0 Å². The Morgan fingerprint density at radius 3 is 2.75 bits per heavy atom. The normalized spacial score (nSPS) is 11.1. The fourth-order valence-electron chi connectivity index (χ4n) is 1.75. The molecule has 0 saturated heterocycles. The van der Waals surface area contributed by atoms with Gasteiger partial charge in [-0.2, -0.15) is 0 Å². The van der Waals surface area contributed by atoms with Crippen LogP contribution in [0.15, 0.2) is 36.8 Å². The molecule has 1 atom stereocenters. The molecule has 110 valence electrons. The summed E-state index contributed by atoms with van der Waals surface area (Å²) in [4.78, 5) is 18.7. The van der Waals surface area contributed by atoms with Crippen LogP contribution in [0.25, 0.3) is 0 Å². The van der Waals surface area contributed by atoms with Gasteiger partial charge in [0.1, 0.15) is 5.75 Å². The molecule has 0 spiro atoms. The summed E-state index contributed by atoms with van der Waals surface area (Å²) in [5, 5.41) is 9.32. The molecule has 0 unspecified atom stereocenters. The van der Waals surface area contributed by atoms with Crippen LogP contribution >= 0.6 is 24.8 Å². The quantitative estimate of drug-likeness (QED) is 0.781. The third-order valence-electron chi connectivity index (χ3n) is 2.70. The molecule has 2 aromatic rings. The number of aromatic amines is 1. The highest BCUT2D eigenvalue weighted by Gasteiger charge is 2.15. The Kier molecular flexibility index (Phi) is 7.91. The summed E-state index contributed by atoms with van der Waals surface area (Å²) in [7, 11) is 0. The second-order valence-corrected chi connectivity index (χ2v) is 4.20. The van der Waals surface area contributed by atoms with Crippen molar-refractivity contribution < 1.29 is 9.90 Å². The van der Waals surface area contributed by atoms with E-state index in [2.05, 4.69) is 9.97 Å². The molecule has 1 aromatic carbocycles. The number of hydrogen-bond acceptors (Lipinski definition) is 4. The number of nitrogens with zero attached hydrogens (tertiary/aromatic N) is 1. The number of H-pyrrole nitrogens is 1. The number of rotatable bonds is 5. The molecule has 1 heterocycles. The standard InChI is InChI=1S/C13H15N3O2.2ClH/c14-12(6-10-7-15-8-16-10)13(18)5-9-2-1-3-11(17)4-9;;/h1-4,7-8,12,17H,5-6,14H2,(H,15,16);2*1H/t12-;;/m0../s1. The largest absolute Gasteiger partial charge is 0.508 e. The molecule has 1 aromatic heterocycles. The number of nitrogens with two attached hydrogens (primary N) is 1. The number of imidazole rings is 1. The number of ketones is 1. The Hall–Kier alpha value is -1.56. The van der Waals surface area contributed by atoms with Crippen molar-refractivity contribution in [2.45, 2.75) is 18.9 Å². The van der Waals surface area contributed by atoms with Crippen LogP contribution in [0.2, 0.25) is 0 Å². The summed E-state index contributed by atoms with van der Waals surface area (Å²) in [5.74, 6) is 0.0950. The summed E-state index contributed by atoms with van der Waals surface area (Å²) in [6.45, 7) is 0. The third kappa shape index (κ3) is 5.21. The molecule has 2 rings (SSSR count). The van der Waals surface area contributed by atoms with Crippen LogP contribution in [-0.2, 0) is 17.6 Å². The lowest BCUT2D eigenvalue weighted by Crippen LogP contribution is -2.34. The molecule has 7 heteroatoms. The SMILES string of the molecule is Cl.Cl.N[C@@H](Cc1cnc[nH]1)C(=O)Cc1cccc(O)c1.